The lowest BCUT2D eigenvalue weighted by atomic mass is 9.99. The molecule has 3 aliphatic heterocycles. The van der Waals surface area contributed by atoms with Gasteiger partial charge in [-0.1, -0.05) is 43.8 Å². The summed E-state index contributed by atoms with van der Waals surface area (Å²) in [7, 11) is 0. The van der Waals surface area contributed by atoms with Crippen LogP contribution in [-0.4, -0.2) is 113 Å². The van der Waals surface area contributed by atoms with Crippen molar-refractivity contribution in [2.45, 2.75) is 94.3 Å². The molecule has 55 heavy (non-hydrogen) atoms. The number of ether oxygens (including phenoxy) is 3. The fourth-order valence-corrected chi connectivity index (χ4v) is 5.53. The number of alkyl carbamates (subject to hydrolysis) is 1. The summed E-state index contributed by atoms with van der Waals surface area (Å²) in [5.41, 5.74) is -0.212. The number of aliphatic hydroxyl groups excluding tert-OH is 2. The Morgan fingerprint density at radius 1 is 1.09 bits per heavy atom. The summed E-state index contributed by atoms with van der Waals surface area (Å²) >= 11 is 0. The zero-order valence-electron chi connectivity index (χ0n) is 30.4. The van der Waals surface area contributed by atoms with E-state index in [0.717, 1.165) is 0 Å². The summed E-state index contributed by atoms with van der Waals surface area (Å²) in [4.78, 5) is 76.6. The molecule has 5 amide bonds. The number of nitrogens with zero attached hydrogens (tertiary/aromatic N) is 3. The van der Waals surface area contributed by atoms with Crippen LogP contribution < -0.4 is 26.6 Å². The van der Waals surface area contributed by atoms with E-state index in [2.05, 4.69) is 49.3 Å². The number of terminal acetylenes is 1. The first-order valence-electron chi connectivity index (χ1n) is 17.6. The van der Waals surface area contributed by atoms with Crippen LogP contribution in [0.4, 0.5) is 4.79 Å². The van der Waals surface area contributed by atoms with E-state index in [1.54, 1.807) is 44.2 Å². The van der Waals surface area contributed by atoms with Crippen LogP contribution in [0.5, 0.6) is 0 Å². The second kappa shape index (κ2) is 19.5. The van der Waals surface area contributed by atoms with Crippen LogP contribution in [0.3, 0.4) is 0 Å². The molecule has 4 rings (SSSR count). The monoisotopic (exact) mass is 766 g/mol. The van der Waals surface area contributed by atoms with Crippen LogP contribution in [-0.2, 0) is 38.2 Å². The van der Waals surface area contributed by atoms with E-state index in [-0.39, 0.29) is 63.5 Å². The number of rotatable bonds is 19. The molecule has 7 atom stereocenters. The molecule has 0 aliphatic carbocycles. The first-order chi connectivity index (χ1) is 26.2. The Kier molecular flexibility index (Phi) is 14.8. The fourth-order valence-electron chi connectivity index (χ4n) is 5.53. The van der Waals surface area contributed by atoms with E-state index in [1.807, 2.05) is 0 Å². The molecule has 19 heteroatoms. The van der Waals surface area contributed by atoms with E-state index in [1.165, 1.54) is 17.2 Å². The molecule has 3 aliphatic rings. The van der Waals surface area contributed by atoms with Gasteiger partial charge >= 0.3 is 12.1 Å². The summed E-state index contributed by atoms with van der Waals surface area (Å²) in [5, 5.41) is 41.6. The van der Waals surface area contributed by atoms with Crippen molar-refractivity contribution < 1.29 is 53.2 Å². The highest BCUT2D eigenvalue weighted by Gasteiger charge is 2.46. The van der Waals surface area contributed by atoms with Gasteiger partial charge in [0.15, 0.2) is 6.23 Å². The van der Waals surface area contributed by atoms with Crippen LogP contribution in [0, 0.1) is 12.3 Å². The van der Waals surface area contributed by atoms with Gasteiger partial charge in [-0.25, -0.2) is 4.79 Å². The van der Waals surface area contributed by atoms with Gasteiger partial charge in [0.25, 0.3) is 5.91 Å². The molecule has 0 spiro atoms. The number of carbonyl (C=O) groups is 6. The molecule has 1 aromatic carbocycles. The number of esters is 1. The maximum Gasteiger partial charge on any atom is 0.408 e. The van der Waals surface area contributed by atoms with Crippen molar-refractivity contribution >= 4 is 35.7 Å². The average Bonchev–Trinajstić information content (AvgIpc) is 3.84. The maximum absolute atomic E-state index is 13.2. The fraction of sp³-hybridized carbons (Fsp3) is 0.500. The van der Waals surface area contributed by atoms with Crippen LogP contribution in [0.15, 0.2) is 65.2 Å². The zero-order chi connectivity index (χ0) is 40.1. The van der Waals surface area contributed by atoms with E-state index < -0.39 is 78.2 Å². The number of hydrogen-bond donors (Lipinski definition) is 7. The van der Waals surface area contributed by atoms with Gasteiger partial charge in [-0.15, -0.1) is 12.3 Å². The molecular weight excluding hydrogens is 720 g/mol. The Morgan fingerprint density at radius 2 is 1.82 bits per heavy atom. The first-order valence-corrected chi connectivity index (χ1v) is 17.6. The Morgan fingerprint density at radius 3 is 2.47 bits per heavy atom. The molecule has 19 nitrogen and oxygen atoms in total. The maximum atomic E-state index is 13.2. The number of benzene rings is 1. The molecule has 7 unspecified atom stereocenters. The van der Waals surface area contributed by atoms with Crippen molar-refractivity contribution in [3.8, 4) is 12.3 Å². The van der Waals surface area contributed by atoms with Crippen molar-refractivity contribution in [2.24, 2.45) is 10.2 Å². The average molecular weight is 767 g/mol. The van der Waals surface area contributed by atoms with E-state index in [9.17, 15) is 39.0 Å². The number of aliphatic hydroxyl groups is 2. The highest BCUT2D eigenvalue weighted by Crippen LogP contribution is 2.28. The third-order valence-electron chi connectivity index (χ3n) is 8.69. The highest BCUT2D eigenvalue weighted by atomic mass is 16.6. The van der Waals surface area contributed by atoms with Crippen LogP contribution >= 0.6 is 0 Å². The number of nitrogens with one attached hydrogen (secondary N) is 5. The lowest BCUT2D eigenvalue weighted by Gasteiger charge is -2.32. The molecule has 296 valence electrons. The molecule has 0 saturated carbocycles. The van der Waals surface area contributed by atoms with Gasteiger partial charge in [-0.3, -0.25) is 24.0 Å². The molecule has 1 saturated heterocycles. The third kappa shape index (κ3) is 12.3. The van der Waals surface area contributed by atoms with Gasteiger partial charge in [0.2, 0.25) is 23.4 Å². The second-order valence-electron chi connectivity index (χ2n) is 13.0. The van der Waals surface area contributed by atoms with Crippen molar-refractivity contribution in [2.75, 3.05) is 19.7 Å². The zero-order valence-corrected chi connectivity index (χ0v) is 30.4. The predicted molar refractivity (Wildman–Crippen MR) is 191 cm³/mol. The van der Waals surface area contributed by atoms with Gasteiger partial charge in [0, 0.05) is 44.5 Å². The summed E-state index contributed by atoms with van der Waals surface area (Å²) in [6.45, 7) is 6.76. The lowest BCUT2D eigenvalue weighted by molar-refractivity contribution is -0.145. The highest BCUT2D eigenvalue weighted by molar-refractivity contribution is 5.89. The largest absolute Gasteiger partial charge is 0.466 e. The molecule has 0 bridgehead atoms. The number of carbonyl (C=O) groups excluding carboxylic acids is 6. The molecular formula is C36H46N8O11. The third-order valence-corrected chi connectivity index (χ3v) is 8.69. The topological polar surface area (TPSA) is 259 Å². The summed E-state index contributed by atoms with van der Waals surface area (Å²) in [5.74, 6) is -0.130. The van der Waals surface area contributed by atoms with Gasteiger partial charge in [0.05, 0.1) is 25.6 Å². The van der Waals surface area contributed by atoms with Crippen LogP contribution in [0.25, 0.3) is 0 Å². The Labute approximate surface area is 317 Å². The summed E-state index contributed by atoms with van der Waals surface area (Å²) in [6.07, 6.45) is 0.470. The van der Waals surface area contributed by atoms with Crippen LogP contribution in [0.1, 0.15) is 57.6 Å². The van der Waals surface area contributed by atoms with Crippen molar-refractivity contribution in [3.63, 3.8) is 0 Å². The number of amides is 5. The van der Waals surface area contributed by atoms with Crippen LogP contribution in [0.2, 0.25) is 0 Å². The predicted octanol–water partition coefficient (Wildman–Crippen LogP) is -0.268. The van der Waals surface area contributed by atoms with Crippen molar-refractivity contribution in [3.05, 3.63) is 60.6 Å². The van der Waals surface area contributed by atoms with Gasteiger partial charge in [-0.2, -0.15) is 10.2 Å². The molecule has 1 aromatic rings. The van der Waals surface area contributed by atoms with Gasteiger partial charge < -0.3 is 55.9 Å². The second-order valence-corrected chi connectivity index (χ2v) is 13.0. The summed E-state index contributed by atoms with van der Waals surface area (Å²) < 4.78 is 16.9. The van der Waals surface area contributed by atoms with E-state index in [0.29, 0.717) is 5.56 Å². The Bertz CT molecular complexity index is 1690. The minimum Gasteiger partial charge on any atom is -0.466 e. The van der Waals surface area contributed by atoms with E-state index >= 15 is 0 Å². The smallest absolute Gasteiger partial charge is 0.408 e. The van der Waals surface area contributed by atoms with Crippen molar-refractivity contribution in [1.29, 1.82) is 0 Å². The molecule has 3 heterocycles. The SMILES string of the molecule is C#CCC(NC(=O)OC(c1ccccc1)C(CCOC(=O)CCC(=O)NCC1OC(N2C=CC(=O)NC2=C)C(O)C1O)NC(=O)CC)C(=O)NCC1(C)N=N1. The van der Waals surface area contributed by atoms with Gasteiger partial charge in [-0.05, 0) is 12.5 Å². The lowest BCUT2D eigenvalue weighted by Crippen LogP contribution is -2.49. The molecule has 0 aromatic heterocycles. The Balaban J connectivity index is 1.28. The minimum atomic E-state index is -1.38. The molecule has 1 fully saturated rings. The minimum absolute atomic E-state index is 0.000913. The quantitative estimate of drug-likeness (QED) is 0.0710. The van der Waals surface area contributed by atoms with E-state index in [4.69, 9.17) is 20.6 Å². The standard InChI is InChI=1S/C36H46N8O11/c1-5-10-24(33(51)38-20-36(4)42-43-36)41-35(52)55-32(22-11-8-7-9-12-22)23(40-26(45)6-2)16-18-53-29(48)14-13-27(46)37-19-25-30(49)31(50)34(54-25)44-17-15-28(47)39-21(44)3/h1,7-9,11-12,15,17,23-25,30-32,34,49-50H,3,6,10,13-14,16,18-20H2,2,4H3,(H,37,46)(H,38,51)(H,39,47)(H,40,45)(H,41,52). The normalized spacial score (nSPS) is 22.3. The molecule has 7 N–H and O–H groups in total. The van der Waals surface area contributed by atoms with Gasteiger partial charge in [0.1, 0.15) is 36.3 Å². The Hall–Kier alpha value is -5.84. The number of hydrogen-bond acceptors (Lipinski definition) is 14. The summed E-state index contributed by atoms with van der Waals surface area (Å²) in [6, 6.07) is 6.50. The van der Waals surface area contributed by atoms with Crippen molar-refractivity contribution in [1.82, 2.24) is 31.5 Å². The molecule has 0 radical (unpaired) electrons. The first kappa shape index (κ1) is 41.9.